The van der Waals surface area contributed by atoms with E-state index in [2.05, 4.69) is 11.8 Å². The van der Waals surface area contributed by atoms with Crippen LogP contribution in [0.25, 0.3) is 0 Å². The van der Waals surface area contributed by atoms with Gasteiger partial charge in [0.25, 0.3) is 0 Å². The van der Waals surface area contributed by atoms with Crippen molar-refractivity contribution in [1.29, 1.82) is 0 Å². The minimum Gasteiger partial charge on any atom is -0.385 e. The summed E-state index contributed by atoms with van der Waals surface area (Å²) in [5.74, 6) is 0.965. The Balaban J connectivity index is 0.00000220. The van der Waals surface area contributed by atoms with E-state index < -0.39 is 0 Å². The summed E-state index contributed by atoms with van der Waals surface area (Å²) in [6.45, 7) is 4.56. The maximum atomic E-state index is 12.9. The lowest BCUT2D eigenvalue weighted by Gasteiger charge is -2.39. The van der Waals surface area contributed by atoms with Crippen LogP contribution in [0, 0.1) is 11.3 Å². The molecule has 0 aromatic rings. The Morgan fingerprint density at radius 3 is 2.38 bits per heavy atom. The highest BCUT2D eigenvalue weighted by atomic mass is 35.5. The number of carbonyl (C=O) groups excluding carboxylic acids is 1. The Hall–Kier alpha value is -0.320. The van der Waals surface area contributed by atoms with Crippen LogP contribution in [0.3, 0.4) is 0 Å². The first-order chi connectivity index (χ1) is 9.59. The molecule has 1 amide bonds. The van der Waals surface area contributed by atoms with Crippen molar-refractivity contribution in [3.63, 3.8) is 0 Å². The lowest BCUT2D eigenvalue weighted by Crippen LogP contribution is -2.48. The van der Waals surface area contributed by atoms with Gasteiger partial charge in [0.05, 0.1) is 5.41 Å². The first-order valence-corrected chi connectivity index (χ1v) is 8.13. The second kappa shape index (κ2) is 8.35. The summed E-state index contributed by atoms with van der Waals surface area (Å²) in [7, 11) is 1.72. The lowest BCUT2D eigenvalue weighted by atomic mass is 9.80. The fourth-order valence-corrected chi connectivity index (χ4v) is 3.88. The van der Waals surface area contributed by atoms with E-state index in [0.29, 0.717) is 18.4 Å². The molecule has 0 bridgehead atoms. The molecule has 0 spiro atoms. The van der Waals surface area contributed by atoms with E-state index in [4.69, 9.17) is 10.5 Å². The summed E-state index contributed by atoms with van der Waals surface area (Å²) in [6, 6.07) is 0.251. The zero-order chi connectivity index (χ0) is 14.6. The number of halogens is 1. The molecule has 0 aromatic carbocycles. The van der Waals surface area contributed by atoms with Gasteiger partial charge in [0.2, 0.25) is 5.91 Å². The molecule has 1 aliphatic carbocycles. The van der Waals surface area contributed by atoms with E-state index in [1.165, 1.54) is 12.8 Å². The summed E-state index contributed by atoms with van der Waals surface area (Å²) in [5.41, 5.74) is 5.85. The first-order valence-electron chi connectivity index (χ1n) is 8.13. The van der Waals surface area contributed by atoms with Gasteiger partial charge in [0.1, 0.15) is 0 Å². The van der Waals surface area contributed by atoms with Crippen LogP contribution in [-0.4, -0.2) is 43.7 Å². The molecule has 124 valence electrons. The van der Waals surface area contributed by atoms with Crippen molar-refractivity contribution >= 4 is 18.3 Å². The second-order valence-electron chi connectivity index (χ2n) is 6.72. The Labute approximate surface area is 135 Å². The minimum atomic E-state index is -0.128. The quantitative estimate of drug-likeness (QED) is 0.847. The number of nitrogens with two attached hydrogens (primary N) is 1. The van der Waals surface area contributed by atoms with Gasteiger partial charge in [-0.25, -0.2) is 0 Å². The van der Waals surface area contributed by atoms with E-state index in [9.17, 15) is 4.79 Å². The van der Waals surface area contributed by atoms with Gasteiger partial charge in [0, 0.05) is 32.8 Å². The Morgan fingerprint density at radius 1 is 1.33 bits per heavy atom. The highest BCUT2D eigenvalue weighted by Crippen LogP contribution is 2.43. The van der Waals surface area contributed by atoms with E-state index in [0.717, 1.165) is 45.2 Å². The van der Waals surface area contributed by atoms with Crippen molar-refractivity contribution in [1.82, 2.24) is 4.90 Å². The van der Waals surface area contributed by atoms with Crippen LogP contribution in [0.15, 0.2) is 0 Å². The highest BCUT2D eigenvalue weighted by Gasteiger charge is 2.43. The molecule has 0 radical (unpaired) electrons. The predicted octanol–water partition coefficient (Wildman–Crippen LogP) is 2.59. The average Bonchev–Trinajstić information content (AvgIpc) is 2.94. The standard InChI is InChI=1S/C16H30N2O2.ClH/c1-13(17)14-5-10-18(11-6-14)15(19)16(9-12-20-2)7-3-4-8-16;/h13-14H,3-12,17H2,1-2H3;1H. The summed E-state index contributed by atoms with van der Waals surface area (Å²) in [4.78, 5) is 15.0. The molecule has 2 aliphatic rings. The Bertz CT molecular complexity index is 322. The van der Waals surface area contributed by atoms with Crippen LogP contribution in [0.5, 0.6) is 0 Å². The number of carbonyl (C=O) groups is 1. The Morgan fingerprint density at radius 2 is 1.90 bits per heavy atom. The van der Waals surface area contributed by atoms with Gasteiger partial charge in [-0.2, -0.15) is 0 Å². The molecule has 1 saturated heterocycles. The van der Waals surface area contributed by atoms with E-state index in [1.54, 1.807) is 7.11 Å². The number of nitrogens with zero attached hydrogens (tertiary/aromatic N) is 1. The molecule has 4 nitrogen and oxygen atoms in total. The molecule has 1 heterocycles. The van der Waals surface area contributed by atoms with Gasteiger partial charge >= 0.3 is 0 Å². The number of methoxy groups -OCH3 is 1. The molecule has 2 fully saturated rings. The average molecular weight is 319 g/mol. The largest absolute Gasteiger partial charge is 0.385 e. The highest BCUT2D eigenvalue weighted by molar-refractivity contribution is 5.85. The summed E-state index contributed by atoms with van der Waals surface area (Å²) in [5, 5.41) is 0. The van der Waals surface area contributed by atoms with Crippen LogP contribution in [0.4, 0.5) is 0 Å². The van der Waals surface area contributed by atoms with Gasteiger partial charge in [-0.3, -0.25) is 4.79 Å². The SMILES string of the molecule is COCCC1(C(=O)N2CCC(C(C)N)CC2)CCCC1.Cl. The molecule has 2 rings (SSSR count). The van der Waals surface area contributed by atoms with Crippen molar-refractivity contribution in [3.8, 4) is 0 Å². The number of piperidine rings is 1. The predicted molar refractivity (Wildman–Crippen MR) is 87.6 cm³/mol. The smallest absolute Gasteiger partial charge is 0.228 e. The van der Waals surface area contributed by atoms with Crippen LogP contribution >= 0.6 is 12.4 Å². The maximum absolute atomic E-state index is 12.9. The summed E-state index contributed by atoms with van der Waals surface area (Å²) in [6.07, 6.45) is 7.46. The minimum absolute atomic E-state index is 0. The van der Waals surface area contributed by atoms with Crippen LogP contribution < -0.4 is 5.73 Å². The number of ether oxygens (including phenoxy) is 1. The molecule has 1 saturated carbocycles. The molecule has 5 heteroatoms. The molecular weight excluding hydrogens is 288 g/mol. The molecule has 2 N–H and O–H groups in total. The van der Waals surface area contributed by atoms with Gasteiger partial charge in [-0.15, -0.1) is 12.4 Å². The number of likely N-dealkylation sites (tertiary alicyclic amines) is 1. The van der Waals surface area contributed by atoms with Crippen LogP contribution in [0.1, 0.15) is 51.9 Å². The van der Waals surface area contributed by atoms with Crippen molar-refractivity contribution in [2.24, 2.45) is 17.1 Å². The third kappa shape index (κ3) is 4.33. The fourth-order valence-electron chi connectivity index (χ4n) is 3.88. The molecular formula is C16H31ClN2O2. The topological polar surface area (TPSA) is 55.6 Å². The van der Waals surface area contributed by atoms with E-state index in [-0.39, 0.29) is 23.9 Å². The summed E-state index contributed by atoms with van der Waals surface area (Å²) >= 11 is 0. The normalized spacial score (nSPS) is 23.7. The van der Waals surface area contributed by atoms with Gasteiger partial charge in [-0.05, 0) is 44.9 Å². The van der Waals surface area contributed by atoms with E-state index in [1.807, 2.05) is 0 Å². The van der Waals surface area contributed by atoms with Crippen molar-refractivity contribution in [2.45, 2.75) is 57.9 Å². The maximum Gasteiger partial charge on any atom is 0.228 e. The van der Waals surface area contributed by atoms with E-state index >= 15 is 0 Å². The van der Waals surface area contributed by atoms with Crippen molar-refractivity contribution in [3.05, 3.63) is 0 Å². The number of hydrogen-bond donors (Lipinski definition) is 1. The molecule has 1 aliphatic heterocycles. The zero-order valence-corrected chi connectivity index (χ0v) is 14.3. The first kappa shape index (κ1) is 18.7. The van der Waals surface area contributed by atoms with Crippen molar-refractivity contribution < 1.29 is 9.53 Å². The zero-order valence-electron chi connectivity index (χ0n) is 13.5. The van der Waals surface area contributed by atoms with Gasteiger partial charge < -0.3 is 15.4 Å². The second-order valence-corrected chi connectivity index (χ2v) is 6.72. The lowest BCUT2D eigenvalue weighted by molar-refractivity contribution is -0.144. The third-order valence-electron chi connectivity index (χ3n) is 5.37. The number of amides is 1. The third-order valence-corrected chi connectivity index (χ3v) is 5.37. The molecule has 0 aromatic heterocycles. The molecule has 1 atom stereocenters. The fraction of sp³-hybridized carbons (Fsp3) is 0.938. The van der Waals surface area contributed by atoms with Crippen LogP contribution in [0.2, 0.25) is 0 Å². The van der Waals surface area contributed by atoms with Gasteiger partial charge in [0.15, 0.2) is 0 Å². The monoisotopic (exact) mass is 318 g/mol. The van der Waals surface area contributed by atoms with Crippen LogP contribution in [-0.2, 0) is 9.53 Å². The molecule has 1 unspecified atom stereocenters. The van der Waals surface area contributed by atoms with Crippen molar-refractivity contribution in [2.75, 3.05) is 26.8 Å². The number of hydrogen-bond acceptors (Lipinski definition) is 3. The summed E-state index contributed by atoms with van der Waals surface area (Å²) < 4.78 is 5.23. The Kier molecular flexibility index (Phi) is 7.45. The van der Waals surface area contributed by atoms with Gasteiger partial charge in [-0.1, -0.05) is 12.8 Å². The number of rotatable bonds is 5. The molecule has 21 heavy (non-hydrogen) atoms.